The zero-order valence-electron chi connectivity index (χ0n) is 66.8. The quantitative estimate of drug-likeness (QED) is 0.0204. The minimum atomic E-state index is -1.79. The highest BCUT2D eigenvalue weighted by Crippen LogP contribution is 2.30. The van der Waals surface area contributed by atoms with Crippen LogP contribution in [0, 0.1) is 0 Å². The van der Waals surface area contributed by atoms with E-state index in [2.05, 4.69) is 92.1 Å². The molecule has 0 saturated carbocycles. The van der Waals surface area contributed by atoms with E-state index in [1.165, 1.54) is 283 Å². The normalized spacial score (nSPS) is 21.9. The van der Waals surface area contributed by atoms with Crippen LogP contribution in [0.4, 0.5) is 0 Å². The Morgan fingerprint density at radius 3 is 1.02 bits per heavy atom. The van der Waals surface area contributed by atoms with Gasteiger partial charge in [-0.2, -0.15) is 0 Å². The molecule has 2 heterocycles. The smallest absolute Gasteiger partial charge is 0.220 e. The zero-order chi connectivity index (χ0) is 75.1. The van der Waals surface area contributed by atoms with Crippen molar-refractivity contribution in [2.75, 3.05) is 19.8 Å². The van der Waals surface area contributed by atoms with Crippen LogP contribution >= 0.6 is 0 Å². The highest BCUT2D eigenvalue weighted by Gasteiger charge is 2.51. The number of amides is 1. The van der Waals surface area contributed by atoms with E-state index in [1.807, 2.05) is 6.08 Å². The van der Waals surface area contributed by atoms with E-state index >= 15 is 0 Å². The van der Waals surface area contributed by atoms with Gasteiger partial charge < -0.3 is 65.1 Å². The van der Waals surface area contributed by atoms with Gasteiger partial charge >= 0.3 is 0 Å². The number of rotatable bonds is 74. The first-order chi connectivity index (χ1) is 51.1. The van der Waals surface area contributed by atoms with Crippen molar-refractivity contribution in [1.82, 2.24) is 5.32 Å². The lowest BCUT2D eigenvalue weighted by atomic mass is 9.97. The van der Waals surface area contributed by atoms with Gasteiger partial charge in [0.25, 0.3) is 0 Å². The highest BCUT2D eigenvalue weighted by molar-refractivity contribution is 5.76. The Kier molecular flexibility index (Phi) is 68.3. The van der Waals surface area contributed by atoms with Gasteiger partial charge in [0.05, 0.1) is 32.0 Å². The summed E-state index contributed by atoms with van der Waals surface area (Å²) in [6, 6.07) is -0.920. The second-order valence-electron chi connectivity index (χ2n) is 30.6. The van der Waals surface area contributed by atoms with Gasteiger partial charge in [-0.3, -0.25) is 4.79 Å². The molecule has 0 radical (unpaired) electrons. The molecular formula is C90H163NO13. The summed E-state index contributed by atoms with van der Waals surface area (Å²) in [5.74, 6) is -0.234. The van der Waals surface area contributed by atoms with Crippen molar-refractivity contribution in [3.8, 4) is 0 Å². The second kappa shape index (κ2) is 73.0. The minimum Gasteiger partial charge on any atom is -0.394 e. The monoisotopic (exact) mass is 1470 g/mol. The number of carbonyl (C=O) groups is 1. The van der Waals surface area contributed by atoms with Crippen LogP contribution in [-0.2, 0) is 23.7 Å². The third-order valence-corrected chi connectivity index (χ3v) is 21.1. The first-order valence-electron chi connectivity index (χ1n) is 43.8. The Hall–Kier alpha value is -2.83. The summed E-state index contributed by atoms with van der Waals surface area (Å²) < 4.78 is 23.0. The van der Waals surface area contributed by atoms with Gasteiger partial charge in [0, 0.05) is 6.42 Å². The SMILES string of the molecule is CC/C=C\C/C=C\C/C=C\C/C=C\C/C=C\C/C=C\CCCCCCCCCCCCCCCCCCCCC(=O)NC(COC1OC(CO)C(OC2OC(CO)C(O)C(O)C2O)C(O)C1O)C(O)/C=C/CCCCCCCCCCCCCCCCCCCCCCCCCCCCCCCCC. The second-order valence-corrected chi connectivity index (χ2v) is 30.6. The molecule has 2 rings (SSSR count). The molecule has 2 aliphatic heterocycles. The van der Waals surface area contributed by atoms with Crippen LogP contribution in [0.1, 0.15) is 386 Å². The molecule has 14 heteroatoms. The summed E-state index contributed by atoms with van der Waals surface area (Å²) in [4.78, 5) is 13.4. The largest absolute Gasteiger partial charge is 0.394 e. The van der Waals surface area contributed by atoms with E-state index in [9.17, 15) is 45.6 Å². The molecule has 104 heavy (non-hydrogen) atoms. The number of unbranched alkanes of at least 4 members (excludes halogenated alkanes) is 49. The molecular weight excluding hydrogens is 1300 g/mol. The molecule has 12 atom stereocenters. The highest BCUT2D eigenvalue weighted by atomic mass is 16.7. The van der Waals surface area contributed by atoms with Crippen LogP contribution in [0.25, 0.3) is 0 Å². The van der Waals surface area contributed by atoms with Crippen molar-refractivity contribution in [3.05, 3.63) is 85.1 Å². The lowest BCUT2D eigenvalue weighted by Gasteiger charge is -2.46. The van der Waals surface area contributed by atoms with Crippen molar-refractivity contribution in [2.24, 2.45) is 0 Å². The molecule has 0 aliphatic carbocycles. The average Bonchev–Trinajstić information content (AvgIpc) is 0.790. The van der Waals surface area contributed by atoms with E-state index < -0.39 is 86.8 Å². The van der Waals surface area contributed by atoms with Gasteiger partial charge in [-0.1, -0.05) is 394 Å². The molecule has 0 aromatic heterocycles. The lowest BCUT2D eigenvalue weighted by molar-refractivity contribution is -0.359. The standard InChI is InChI=1S/C90H163NO13/c1-3-5-7-9-11-13-15-17-19-21-23-25-27-29-31-33-35-37-38-39-40-42-44-46-48-50-52-54-56-58-60-62-64-66-68-70-72-74-82(95)91-78(77-101-89-87(100)85(98)88(81(76-93)103-89)104-90-86(99)84(97)83(96)80(75-92)102-90)79(94)73-71-69-67-65-63-61-59-57-55-53-51-49-47-45-43-41-36-34-32-30-28-26-24-22-20-18-16-14-12-10-8-6-4-2/h5,7,11,13,17,19,23,25,29,31,35,37,71,73,78-81,83-90,92-94,96-100H,3-4,6,8-10,12,14-16,18,20-22,24,26-28,30,32-34,36,38-70,72,74-77H2,1-2H3,(H,91,95)/b7-5-,13-11-,19-17-,25-23-,31-29-,37-35-,73-71+. The Morgan fingerprint density at radius 2 is 0.663 bits per heavy atom. The molecule has 0 aromatic carbocycles. The van der Waals surface area contributed by atoms with Gasteiger partial charge in [-0.05, 0) is 70.6 Å². The summed E-state index contributed by atoms with van der Waals surface area (Å²) >= 11 is 0. The van der Waals surface area contributed by atoms with E-state index in [0.29, 0.717) is 6.42 Å². The van der Waals surface area contributed by atoms with Crippen LogP contribution in [0.15, 0.2) is 85.1 Å². The average molecular weight is 1470 g/mol. The van der Waals surface area contributed by atoms with E-state index in [1.54, 1.807) is 6.08 Å². The predicted octanol–water partition coefficient (Wildman–Crippen LogP) is 21.0. The molecule has 2 fully saturated rings. The molecule has 606 valence electrons. The van der Waals surface area contributed by atoms with Crippen LogP contribution < -0.4 is 5.32 Å². The summed E-state index contributed by atoms with van der Waals surface area (Å²) in [7, 11) is 0. The third-order valence-electron chi connectivity index (χ3n) is 21.1. The number of ether oxygens (including phenoxy) is 4. The molecule has 14 nitrogen and oxygen atoms in total. The predicted molar refractivity (Wildman–Crippen MR) is 433 cm³/mol. The molecule has 0 spiro atoms. The molecule has 2 aliphatic rings. The summed E-state index contributed by atoms with van der Waals surface area (Å²) in [5.41, 5.74) is 0. The van der Waals surface area contributed by atoms with E-state index in [4.69, 9.17) is 18.9 Å². The first kappa shape index (κ1) is 97.2. The molecule has 0 aromatic rings. The fraction of sp³-hybridized carbons (Fsp3) is 0.833. The maximum atomic E-state index is 13.4. The van der Waals surface area contributed by atoms with Gasteiger partial charge in [-0.25, -0.2) is 0 Å². The number of aliphatic hydroxyl groups is 8. The number of hydrogen-bond donors (Lipinski definition) is 9. The molecule has 9 N–H and O–H groups in total. The topological polar surface area (TPSA) is 228 Å². The van der Waals surface area contributed by atoms with Crippen molar-refractivity contribution in [3.63, 3.8) is 0 Å². The fourth-order valence-electron chi connectivity index (χ4n) is 14.2. The van der Waals surface area contributed by atoms with Crippen LogP contribution in [-0.4, -0.2) is 140 Å². The number of carbonyl (C=O) groups excluding carboxylic acids is 1. The van der Waals surface area contributed by atoms with Crippen molar-refractivity contribution in [2.45, 2.75) is 460 Å². The Morgan fingerprint density at radius 1 is 0.356 bits per heavy atom. The van der Waals surface area contributed by atoms with Crippen LogP contribution in [0.2, 0.25) is 0 Å². The molecule has 1 amide bonds. The van der Waals surface area contributed by atoms with Crippen molar-refractivity contribution < 1.29 is 64.6 Å². The zero-order valence-corrected chi connectivity index (χ0v) is 66.8. The van der Waals surface area contributed by atoms with E-state index in [-0.39, 0.29) is 18.9 Å². The van der Waals surface area contributed by atoms with Crippen LogP contribution in [0.3, 0.4) is 0 Å². The maximum Gasteiger partial charge on any atom is 0.220 e. The number of hydrogen-bond acceptors (Lipinski definition) is 13. The van der Waals surface area contributed by atoms with Gasteiger partial charge in [0.2, 0.25) is 5.91 Å². The minimum absolute atomic E-state index is 0.234. The molecule has 2 saturated heterocycles. The number of nitrogens with one attached hydrogen (secondary N) is 1. The van der Waals surface area contributed by atoms with E-state index in [0.717, 1.165) is 77.0 Å². The molecule has 12 unspecified atom stereocenters. The Labute approximate surface area is 637 Å². The fourth-order valence-corrected chi connectivity index (χ4v) is 14.2. The van der Waals surface area contributed by atoms with Gasteiger partial charge in [0.1, 0.15) is 48.8 Å². The summed E-state index contributed by atoms with van der Waals surface area (Å²) in [5, 5.41) is 87.9. The van der Waals surface area contributed by atoms with Gasteiger partial charge in [-0.15, -0.1) is 0 Å². The summed E-state index contributed by atoms with van der Waals surface area (Å²) in [6.07, 6.45) is 86.8. The van der Waals surface area contributed by atoms with Gasteiger partial charge in [0.15, 0.2) is 12.6 Å². The lowest BCUT2D eigenvalue weighted by Crippen LogP contribution is -2.65. The number of aliphatic hydroxyl groups excluding tert-OH is 8. The molecule has 0 bridgehead atoms. The van der Waals surface area contributed by atoms with Crippen LogP contribution in [0.5, 0.6) is 0 Å². The maximum absolute atomic E-state index is 13.4. The summed E-state index contributed by atoms with van der Waals surface area (Å²) in [6.45, 7) is 2.74. The van der Waals surface area contributed by atoms with Crippen molar-refractivity contribution in [1.29, 1.82) is 0 Å². The number of allylic oxidation sites excluding steroid dienone is 13. The third kappa shape index (κ3) is 54.7. The Bertz CT molecular complexity index is 2080. The first-order valence-corrected chi connectivity index (χ1v) is 43.8. The van der Waals surface area contributed by atoms with Crippen molar-refractivity contribution >= 4 is 5.91 Å². The Balaban J connectivity index is 1.58.